The van der Waals surface area contributed by atoms with Crippen LogP contribution in [0.1, 0.15) is 5.76 Å². The average Bonchev–Trinajstić information content (AvgIpc) is 3.34. The van der Waals surface area contributed by atoms with Crippen molar-refractivity contribution in [2.75, 3.05) is 5.32 Å². The number of nitro benzene ring substituents is 1. The number of hydrogen-bond donors (Lipinski definition) is 1. The van der Waals surface area contributed by atoms with E-state index in [4.69, 9.17) is 27.6 Å². The highest BCUT2D eigenvalue weighted by molar-refractivity contribution is 7.22. The van der Waals surface area contributed by atoms with Crippen LogP contribution in [0, 0.1) is 10.1 Å². The van der Waals surface area contributed by atoms with Crippen molar-refractivity contribution in [1.82, 2.24) is 4.98 Å². The van der Waals surface area contributed by atoms with Gasteiger partial charge in [-0.15, -0.1) is 0 Å². The van der Waals surface area contributed by atoms with E-state index in [0.717, 1.165) is 11.3 Å². The molecule has 0 saturated carbocycles. The van der Waals surface area contributed by atoms with E-state index in [-0.39, 0.29) is 5.69 Å². The molecule has 0 aliphatic heterocycles. The lowest BCUT2D eigenvalue weighted by molar-refractivity contribution is -0.384. The number of halogens is 2. The van der Waals surface area contributed by atoms with Gasteiger partial charge in [0.05, 0.1) is 25.2 Å². The molecule has 2 heterocycles. The molecule has 0 bridgehead atoms. The van der Waals surface area contributed by atoms with E-state index in [0.29, 0.717) is 42.5 Å². The molecule has 4 aromatic rings. The van der Waals surface area contributed by atoms with Crippen LogP contribution in [0.2, 0.25) is 10.0 Å². The Labute approximate surface area is 183 Å². The van der Waals surface area contributed by atoms with Crippen LogP contribution in [0.25, 0.3) is 27.6 Å². The molecule has 4 rings (SSSR count). The number of furan rings is 1. The van der Waals surface area contributed by atoms with Gasteiger partial charge in [0.1, 0.15) is 11.5 Å². The van der Waals surface area contributed by atoms with Crippen molar-refractivity contribution in [3.63, 3.8) is 0 Å². The zero-order valence-electron chi connectivity index (χ0n) is 15.0. The number of non-ortho nitro benzene ring substituents is 1. The Morgan fingerprint density at radius 1 is 1.20 bits per heavy atom. The molecule has 2 aromatic carbocycles. The van der Waals surface area contributed by atoms with Gasteiger partial charge in [0, 0.05) is 23.8 Å². The topological polar surface area (TPSA) is 98.3 Å². The van der Waals surface area contributed by atoms with Gasteiger partial charge in [0.25, 0.3) is 5.69 Å². The van der Waals surface area contributed by atoms with Crippen LogP contribution in [-0.4, -0.2) is 15.8 Å². The molecule has 2 aromatic heterocycles. The number of hydrogen-bond acceptors (Lipinski definition) is 6. The van der Waals surface area contributed by atoms with Gasteiger partial charge in [-0.2, -0.15) is 0 Å². The Balaban J connectivity index is 1.47. The molecule has 0 saturated heterocycles. The summed E-state index contributed by atoms with van der Waals surface area (Å²) in [5, 5.41) is 14.6. The number of rotatable bonds is 5. The Bertz CT molecular complexity index is 1310. The van der Waals surface area contributed by atoms with Crippen molar-refractivity contribution >= 4 is 67.6 Å². The predicted molar refractivity (Wildman–Crippen MR) is 118 cm³/mol. The molecule has 0 fully saturated rings. The number of fused-ring (bicyclic) bond motifs is 1. The number of carbonyl (C=O) groups excluding carboxylic acids is 1. The predicted octanol–water partition coefficient (Wildman–Crippen LogP) is 6.42. The van der Waals surface area contributed by atoms with Gasteiger partial charge in [-0.05, 0) is 36.4 Å². The summed E-state index contributed by atoms with van der Waals surface area (Å²) in [4.78, 5) is 26.8. The molecule has 0 radical (unpaired) electrons. The minimum Gasteiger partial charge on any atom is -0.457 e. The lowest BCUT2D eigenvalue weighted by atomic mass is 10.2. The smallest absolute Gasteiger partial charge is 0.270 e. The first-order valence-corrected chi connectivity index (χ1v) is 10.1. The van der Waals surface area contributed by atoms with Gasteiger partial charge in [-0.3, -0.25) is 20.2 Å². The average molecular weight is 460 g/mol. The zero-order valence-corrected chi connectivity index (χ0v) is 17.3. The Kier molecular flexibility index (Phi) is 5.54. The summed E-state index contributed by atoms with van der Waals surface area (Å²) in [6.45, 7) is 0. The Hall–Kier alpha value is -3.20. The van der Waals surface area contributed by atoms with Crippen LogP contribution in [-0.2, 0) is 4.79 Å². The molecule has 0 atom stereocenters. The number of nitrogens with one attached hydrogen (secondary N) is 1. The molecular formula is C20H11Cl2N3O4S. The van der Waals surface area contributed by atoms with Crippen LogP contribution in [0.4, 0.5) is 10.8 Å². The first kappa shape index (κ1) is 20.1. The van der Waals surface area contributed by atoms with Gasteiger partial charge < -0.3 is 4.42 Å². The molecular weight excluding hydrogens is 449 g/mol. The second-order valence-electron chi connectivity index (χ2n) is 6.05. The minimum absolute atomic E-state index is 0.0302. The quantitative estimate of drug-likeness (QED) is 0.210. The first-order chi connectivity index (χ1) is 14.4. The van der Waals surface area contributed by atoms with Crippen LogP contribution in [0.5, 0.6) is 0 Å². The first-order valence-electron chi connectivity index (χ1n) is 8.49. The lowest BCUT2D eigenvalue weighted by Gasteiger charge is -2.01. The second kappa shape index (κ2) is 8.27. The number of carbonyl (C=O) groups is 1. The zero-order chi connectivity index (χ0) is 21.3. The molecule has 0 aliphatic rings. The van der Waals surface area contributed by atoms with E-state index in [1.54, 1.807) is 36.4 Å². The van der Waals surface area contributed by atoms with Gasteiger partial charge in [-0.1, -0.05) is 40.6 Å². The number of amides is 1. The number of aromatic nitrogens is 1. The van der Waals surface area contributed by atoms with E-state index in [2.05, 4.69) is 10.3 Å². The number of thiazole rings is 1. The summed E-state index contributed by atoms with van der Waals surface area (Å²) in [5.41, 5.74) is 1.19. The van der Waals surface area contributed by atoms with E-state index >= 15 is 0 Å². The summed E-state index contributed by atoms with van der Waals surface area (Å²) < 4.78 is 6.31. The summed E-state index contributed by atoms with van der Waals surface area (Å²) in [5.74, 6) is 0.564. The summed E-state index contributed by atoms with van der Waals surface area (Å²) in [7, 11) is 0. The number of nitrogens with zero attached hydrogens (tertiary/aromatic N) is 2. The fourth-order valence-electron chi connectivity index (χ4n) is 2.67. The van der Waals surface area contributed by atoms with Crippen molar-refractivity contribution in [3.8, 4) is 11.3 Å². The van der Waals surface area contributed by atoms with Crippen molar-refractivity contribution in [1.29, 1.82) is 0 Å². The molecule has 150 valence electrons. The fourth-order valence-corrected chi connectivity index (χ4v) is 3.96. The molecule has 0 unspecified atom stereocenters. The Morgan fingerprint density at radius 3 is 2.83 bits per heavy atom. The largest absolute Gasteiger partial charge is 0.457 e. The highest BCUT2D eigenvalue weighted by Gasteiger charge is 2.12. The summed E-state index contributed by atoms with van der Waals surface area (Å²) in [6, 6.07) is 13.0. The third-order valence-electron chi connectivity index (χ3n) is 4.06. The van der Waals surface area contributed by atoms with Crippen molar-refractivity contribution in [2.45, 2.75) is 0 Å². The normalized spacial score (nSPS) is 11.3. The van der Waals surface area contributed by atoms with Gasteiger partial charge >= 0.3 is 0 Å². The van der Waals surface area contributed by atoms with Gasteiger partial charge in [-0.25, -0.2) is 4.98 Å². The minimum atomic E-state index is -0.478. The van der Waals surface area contributed by atoms with Crippen LogP contribution in [0.3, 0.4) is 0 Å². The highest BCUT2D eigenvalue weighted by Crippen LogP contribution is 2.34. The molecule has 0 aliphatic carbocycles. The van der Waals surface area contributed by atoms with Gasteiger partial charge in [0.15, 0.2) is 5.13 Å². The summed E-state index contributed by atoms with van der Waals surface area (Å²) >= 11 is 13.4. The van der Waals surface area contributed by atoms with Crippen molar-refractivity contribution in [3.05, 3.63) is 80.5 Å². The fraction of sp³-hybridized carbons (Fsp3) is 0. The van der Waals surface area contributed by atoms with E-state index in [1.165, 1.54) is 24.3 Å². The monoisotopic (exact) mass is 459 g/mol. The van der Waals surface area contributed by atoms with E-state index in [1.807, 2.05) is 0 Å². The molecule has 7 nitrogen and oxygen atoms in total. The van der Waals surface area contributed by atoms with Crippen LogP contribution < -0.4 is 5.32 Å². The maximum Gasteiger partial charge on any atom is 0.270 e. The van der Waals surface area contributed by atoms with Crippen LogP contribution >= 0.6 is 34.5 Å². The molecule has 30 heavy (non-hydrogen) atoms. The van der Waals surface area contributed by atoms with E-state index in [9.17, 15) is 14.9 Å². The maximum absolute atomic E-state index is 12.2. The molecule has 1 N–H and O–H groups in total. The number of anilines is 1. The van der Waals surface area contributed by atoms with Crippen molar-refractivity contribution in [2.24, 2.45) is 0 Å². The van der Waals surface area contributed by atoms with Crippen molar-refractivity contribution < 1.29 is 14.1 Å². The highest BCUT2D eigenvalue weighted by atomic mass is 35.5. The molecule has 1 amide bonds. The summed E-state index contributed by atoms with van der Waals surface area (Å²) in [6.07, 6.45) is 2.81. The van der Waals surface area contributed by atoms with E-state index < -0.39 is 10.8 Å². The number of benzene rings is 2. The standard InChI is InChI=1S/C20H11Cl2N3O4S/c21-14-3-1-2-13(19(14)22)16-8-5-12(29-16)6-9-18(26)24-20-23-15-7-4-11(25(27)28)10-17(15)30-20/h1-10H,(H,23,24,26)/b9-6+. The van der Waals surface area contributed by atoms with Gasteiger partial charge in [0.2, 0.25) is 5.91 Å². The maximum atomic E-state index is 12.2. The van der Waals surface area contributed by atoms with Crippen LogP contribution in [0.15, 0.2) is 59.0 Å². The third kappa shape index (κ3) is 4.20. The molecule has 10 heteroatoms. The number of nitro groups is 1. The SMILES string of the molecule is O=C(/C=C/c1ccc(-c2cccc(Cl)c2Cl)o1)Nc1nc2ccc([N+](=O)[O-])cc2s1. The lowest BCUT2D eigenvalue weighted by Crippen LogP contribution is -2.07. The third-order valence-corrected chi connectivity index (χ3v) is 5.81. The Morgan fingerprint density at radius 2 is 2.03 bits per heavy atom. The second-order valence-corrected chi connectivity index (χ2v) is 7.87. The molecule has 0 spiro atoms.